The maximum atomic E-state index is 12.0. The molecule has 0 aliphatic carbocycles. The fourth-order valence-electron chi connectivity index (χ4n) is 2.45. The Balaban J connectivity index is 1.65. The van der Waals surface area contributed by atoms with Crippen LogP contribution in [-0.4, -0.2) is 32.4 Å². The Bertz CT molecular complexity index is 709. The van der Waals surface area contributed by atoms with Gasteiger partial charge in [0.15, 0.2) is 0 Å². The molecule has 1 aliphatic heterocycles. The van der Waals surface area contributed by atoms with E-state index in [1.165, 1.54) is 0 Å². The summed E-state index contributed by atoms with van der Waals surface area (Å²) in [5.74, 6) is 1.39. The van der Waals surface area contributed by atoms with E-state index >= 15 is 0 Å². The van der Waals surface area contributed by atoms with Gasteiger partial charge in [-0.2, -0.15) is 0 Å². The first-order valence-electron chi connectivity index (χ1n) is 7.16. The van der Waals surface area contributed by atoms with Crippen LogP contribution in [0.1, 0.15) is 24.2 Å². The highest BCUT2D eigenvalue weighted by atomic mass is 16.2. The standard InChI is InChI=1S/C15H17N5O2/c1-10-16-6-7-20(10)13-8-11(4-5-17-13)9-18-15(22)12-2-3-14(21)19-12/h4-8,12H,2-3,9H2,1H3,(H,18,22)(H,19,21)/t12-/m1/s1. The third-order valence-corrected chi connectivity index (χ3v) is 3.66. The minimum Gasteiger partial charge on any atom is -0.350 e. The number of carbonyl (C=O) groups is 2. The van der Waals surface area contributed by atoms with Crippen LogP contribution in [0.4, 0.5) is 0 Å². The molecule has 0 bridgehead atoms. The first kappa shape index (κ1) is 14.2. The second-order valence-corrected chi connectivity index (χ2v) is 5.24. The van der Waals surface area contributed by atoms with Gasteiger partial charge in [0.1, 0.15) is 17.7 Å². The van der Waals surface area contributed by atoms with E-state index in [0.717, 1.165) is 17.2 Å². The Hall–Kier alpha value is -2.70. The van der Waals surface area contributed by atoms with Crippen molar-refractivity contribution in [3.63, 3.8) is 0 Å². The average Bonchev–Trinajstić information content (AvgIpc) is 3.13. The van der Waals surface area contributed by atoms with Crippen molar-refractivity contribution in [2.75, 3.05) is 0 Å². The van der Waals surface area contributed by atoms with Crippen molar-refractivity contribution in [3.05, 3.63) is 42.1 Å². The van der Waals surface area contributed by atoms with E-state index in [2.05, 4.69) is 20.6 Å². The highest BCUT2D eigenvalue weighted by Crippen LogP contribution is 2.10. The summed E-state index contributed by atoms with van der Waals surface area (Å²) in [6.07, 6.45) is 6.23. The van der Waals surface area contributed by atoms with E-state index in [9.17, 15) is 9.59 Å². The smallest absolute Gasteiger partial charge is 0.242 e. The van der Waals surface area contributed by atoms with Crippen LogP contribution in [-0.2, 0) is 16.1 Å². The van der Waals surface area contributed by atoms with Gasteiger partial charge in [0.25, 0.3) is 0 Å². The number of hydrogen-bond donors (Lipinski definition) is 2. The molecule has 7 nitrogen and oxygen atoms in total. The van der Waals surface area contributed by atoms with Gasteiger partial charge in [-0.1, -0.05) is 0 Å². The second kappa shape index (κ2) is 5.97. The van der Waals surface area contributed by atoms with Crippen molar-refractivity contribution in [3.8, 4) is 5.82 Å². The quantitative estimate of drug-likeness (QED) is 0.859. The first-order valence-corrected chi connectivity index (χ1v) is 7.16. The zero-order chi connectivity index (χ0) is 15.5. The van der Waals surface area contributed by atoms with Crippen molar-refractivity contribution in [1.82, 2.24) is 25.2 Å². The number of amides is 2. The molecule has 2 aromatic heterocycles. The lowest BCUT2D eigenvalue weighted by atomic mass is 10.2. The monoisotopic (exact) mass is 299 g/mol. The number of imidazole rings is 1. The van der Waals surface area contributed by atoms with Crippen LogP contribution in [0.15, 0.2) is 30.7 Å². The minimum absolute atomic E-state index is 0.0677. The molecule has 0 saturated carbocycles. The highest BCUT2D eigenvalue weighted by Gasteiger charge is 2.26. The Kier molecular flexibility index (Phi) is 3.86. The molecule has 22 heavy (non-hydrogen) atoms. The third-order valence-electron chi connectivity index (χ3n) is 3.66. The molecule has 0 spiro atoms. The number of carbonyl (C=O) groups excluding carboxylic acids is 2. The van der Waals surface area contributed by atoms with E-state index in [4.69, 9.17) is 0 Å². The Morgan fingerprint density at radius 1 is 1.45 bits per heavy atom. The van der Waals surface area contributed by atoms with Crippen LogP contribution < -0.4 is 10.6 Å². The molecule has 1 fully saturated rings. The Morgan fingerprint density at radius 2 is 2.32 bits per heavy atom. The van der Waals surface area contributed by atoms with Crippen molar-refractivity contribution in [2.24, 2.45) is 0 Å². The number of rotatable bonds is 4. The molecule has 114 valence electrons. The molecule has 2 aromatic rings. The number of aryl methyl sites for hydroxylation is 1. The molecule has 0 radical (unpaired) electrons. The molecule has 3 heterocycles. The molecular formula is C15H17N5O2. The molecule has 1 saturated heterocycles. The van der Waals surface area contributed by atoms with E-state index in [0.29, 0.717) is 19.4 Å². The summed E-state index contributed by atoms with van der Waals surface area (Å²) >= 11 is 0. The molecule has 3 rings (SSSR count). The summed E-state index contributed by atoms with van der Waals surface area (Å²) in [5, 5.41) is 5.50. The van der Waals surface area contributed by atoms with Crippen molar-refractivity contribution < 1.29 is 9.59 Å². The van der Waals surface area contributed by atoms with Crippen LogP contribution >= 0.6 is 0 Å². The molecule has 2 N–H and O–H groups in total. The summed E-state index contributed by atoms with van der Waals surface area (Å²) in [5.41, 5.74) is 0.941. The lowest BCUT2D eigenvalue weighted by Crippen LogP contribution is -2.41. The minimum atomic E-state index is -0.412. The SMILES string of the molecule is Cc1nccn1-c1cc(CNC(=O)[C@H]2CCC(=O)N2)ccn1. The van der Waals surface area contributed by atoms with Gasteiger partial charge < -0.3 is 10.6 Å². The lowest BCUT2D eigenvalue weighted by molar-refractivity contribution is -0.125. The number of nitrogens with one attached hydrogen (secondary N) is 2. The zero-order valence-corrected chi connectivity index (χ0v) is 12.2. The van der Waals surface area contributed by atoms with E-state index in [1.807, 2.05) is 29.8 Å². The van der Waals surface area contributed by atoms with Crippen LogP contribution in [0.2, 0.25) is 0 Å². The van der Waals surface area contributed by atoms with E-state index < -0.39 is 6.04 Å². The van der Waals surface area contributed by atoms with Gasteiger partial charge in [-0.25, -0.2) is 9.97 Å². The molecule has 0 unspecified atom stereocenters. The van der Waals surface area contributed by atoms with Crippen molar-refractivity contribution >= 4 is 11.8 Å². The molecule has 7 heteroatoms. The first-order chi connectivity index (χ1) is 10.6. The van der Waals surface area contributed by atoms with Crippen molar-refractivity contribution in [2.45, 2.75) is 32.4 Å². The highest BCUT2D eigenvalue weighted by molar-refractivity contribution is 5.90. The predicted octanol–water partition coefficient (Wildman–Crippen LogP) is 0.471. The molecule has 1 atom stereocenters. The molecular weight excluding hydrogens is 282 g/mol. The summed E-state index contributed by atoms with van der Waals surface area (Å²) in [4.78, 5) is 31.6. The van der Waals surface area contributed by atoms with E-state index in [1.54, 1.807) is 12.4 Å². The number of pyridine rings is 1. The summed E-state index contributed by atoms with van der Waals surface area (Å²) in [6.45, 7) is 2.30. The summed E-state index contributed by atoms with van der Waals surface area (Å²) in [7, 11) is 0. The Labute approximate surface area is 127 Å². The molecule has 1 aliphatic rings. The van der Waals surface area contributed by atoms with E-state index in [-0.39, 0.29) is 11.8 Å². The van der Waals surface area contributed by atoms with Gasteiger partial charge >= 0.3 is 0 Å². The maximum Gasteiger partial charge on any atom is 0.242 e. The van der Waals surface area contributed by atoms with Gasteiger partial charge in [-0.05, 0) is 31.0 Å². The van der Waals surface area contributed by atoms with Crippen LogP contribution in [0, 0.1) is 6.92 Å². The fraction of sp³-hybridized carbons (Fsp3) is 0.333. The van der Waals surface area contributed by atoms with Crippen LogP contribution in [0.25, 0.3) is 5.82 Å². The largest absolute Gasteiger partial charge is 0.350 e. The summed E-state index contributed by atoms with van der Waals surface area (Å²) < 4.78 is 1.88. The maximum absolute atomic E-state index is 12.0. The van der Waals surface area contributed by atoms with Gasteiger partial charge in [0.2, 0.25) is 11.8 Å². The Morgan fingerprint density at radius 3 is 3.00 bits per heavy atom. The predicted molar refractivity (Wildman–Crippen MR) is 79.1 cm³/mol. The van der Waals surface area contributed by atoms with Gasteiger partial charge in [0, 0.05) is 31.6 Å². The number of nitrogens with zero attached hydrogens (tertiary/aromatic N) is 3. The van der Waals surface area contributed by atoms with Crippen molar-refractivity contribution in [1.29, 1.82) is 0 Å². The van der Waals surface area contributed by atoms with Crippen LogP contribution in [0.3, 0.4) is 0 Å². The average molecular weight is 299 g/mol. The fourth-order valence-corrected chi connectivity index (χ4v) is 2.45. The molecule has 0 aromatic carbocycles. The van der Waals surface area contributed by atoms with Gasteiger partial charge in [-0.3, -0.25) is 14.2 Å². The topological polar surface area (TPSA) is 88.9 Å². The zero-order valence-electron chi connectivity index (χ0n) is 12.2. The lowest BCUT2D eigenvalue weighted by Gasteiger charge is -2.11. The van der Waals surface area contributed by atoms with Gasteiger partial charge in [0.05, 0.1) is 0 Å². The number of hydrogen-bond acceptors (Lipinski definition) is 4. The second-order valence-electron chi connectivity index (χ2n) is 5.24. The normalized spacial score (nSPS) is 17.3. The van der Waals surface area contributed by atoms with Gasteiger partial charge in [-0.15, -0.1) is 0 Å². The third kappa shape index (κ3) is 2.98. The summed E-state index contributed by atoms with van der Waals surface area (Å²) in [6, 6.07) is 3.34. The molecule has 2 amide bonds. The number of aromatic nitrogens is 3. The van der Waals surface area contributed by atoms with Crippen LogP contribution in [0.5, 0.6) is 0 Å².